The Morgan fingerprint density at radius 2 is 2.32 bits per heavy atom. The van der Waals surface area contributed by atoms with Crippen LogP contribution >= 0.6 is 11.3 Å². The average molecular weight is 277 g/mol. The molecule has 3 N–H and O–H groups in total. The number of anilines is 2. The van der Waals surface area contributed by atoms with E-state index in [0.717, 1.165) is 60.4 Å². The van der Waals surface area contributed by atoms with Crippen molar-refractivity contribution < 1.29 is 4.74 Å². The minimum atomic E-state index is 0.732. The summed E-state index contributed by atoms with van der Waals surface area (Å²) in [5.41, 5.74) is 7.35. The van der Waals surface area contributed by atoms with Gasteiger partial charge in [0.25, 0.3) is 0 Å². The largest absolute Gasteiger partial charge is 0.399 e. The minimum Gasteiger partial charge on any atom is -0.399 e. The van der Waals surface area contributed by atoms with Gasteiger partial charge in [-0.3, -0.25) is 4.90 Å². The lowest BCUT2D eigenvalue weighted by molar-refractivity contribution is 0.0398. The van der Waals surface area contributed by atoms with Crippen molar-refractivity contribution in [3.05, 3.63) is 18.2 Å². The third-order valence-electron chi connectivity index (χ3n) is 3.13. The summed E-state index contributed by atoms with van der Waals surface area (Å²) in [6.45, 7) is 5.64. The normalized spacial score (nSPS) is 16.8. The highest BCUT2D eigenvalue weighted by Gasteiger charge is 2.10. The van der Waals surface area contributed by atoms with E-state index in [9.17, 15) is 0 Å². The predicted molar refractivity (Wildman–Crippen MR) is 78.6 cm³/mol. The van der Waals surface area contributed by atoms with Gasteiger partial charge in [-0.05, 0) is 12.1 Å². The second-order valence-corrected chi connectivity index (χ2v) is 5.58. The molecule has 1 radical (unpaired) electrons. The maximum Gasteiger partial charge on any atom is 0.183 e. The van der Waals surface area contributed by atoms with Crippen molar-refractivity contribution in [2.45, 2.75) is 0 Å². The van der Waals surface area contributed by atoms with E-state index in [4.69, 9.17) is 10.5 Å². The summed E-state index contributed by atoms with van der Waals surface area (Å²) in [6, 6.07) is 6.79. The van der Waals surface area contributed by atoms with Crippen LogP contribution in [0, 0.1) is 6.07 Å². The zero-order valence-corrected chi connectivity index (χ0v) is 11.5. The number of nitrogens with two attached hydrogens (primary N) is 1. The molecule has 2 heterocycles. The molecule has 0 spiro atoms. The highest BCUT2D eigenvalue weighted by atomic mass is 32.1. The molecule has 1 aliphatic heterocycles. The van der Waals surface area contributed by atoms with Crippen LogP contribution in [0.3, 0.4) is 0 Å². The van der Waals surface area contributed by atoms with E-state index < -0.39 is 0 Å². The molecule has 6 heteroatoms. The average Bonchev–Trinajstić information content (AvgIpc) is 2.82. The van der Waals surface area contributed by atoms with E-state index in [1.54, 1.807) is 17.4 Å². The van der Waals surface area contributed by atoms with Crippen LogP contribution in [0.25, 0.3) is 10.2 Å². The molecule has 1 fully saturated rings. The molecule has 1 aromatic heterocycles. The van der Waals surface area contributed by atoms with Gasteiger partial charge in [0.1, 0.15) is 0 Å². The SMILES string of the molecule is Nc1c[c]c2nc(NCCN3CCOCC3)sc2c1. The lowest BCUT2D eigenvalue weighted by Crippen LogP contribution is -2.38. The van der Waals surface area contributed by atoms with Crippen molar-refractivity contribution in [2.24, 2.45) is 0 Å². The molecule has 2 aromatic rings. The number of aromatic nitrogens is 1. The first-order valence-electron chi connectivity index (χ1n) is 6.43. The van der Waals surface area contributed by atoms with Gasteiger partial charge in [0.15, 0.2) is 5.13 Å². The van der Waals surface area contributed by atoms with Gasteiger partial charge in [-0.25, -0.2) is 4.98 Å². The fraction of sp³-hybridized carbons (Fsp3) is 0.462. The molecule has 3 rings (SSSR count). The zero-order chi connectivity index (χ0) is 13.1. The van der Waals surface area contributed by atoms with E-state index in [1.807, 2.05) is 6.07 Å². The van der Waals surface area contributed by atoms with Gasteiger partial charge in [-0.1, -0.05) is 11.3 Å². The Morgan fingerprint density at radius 3 is 3.16 bits per heavy atom. The summed E-state index contributed by atoms with van der Waals surface area (Å²) in [4.78, 5) is 6.89. The molecule has 0 amide bonds. The summed E-state index contributed by atoms with van der Waals surface area (Å²) >= 11 is 1.62. The first-order valence-corrected chi connectivity index (χ1v) is 7.24. The lowest BCUT2D eigenvalue weighted by Gasteiger charge is -2.26. The number of nitrogen functional groups attached to an aromatic ring is 1. The topological polar surface area (TPSA) is 63.4 Å². The molecule has 1 aliphatic rings. The fourth-order valence-electron chi connectivity index (χ4n) is 2.10. The lowest BCUT2D eigenvalue weighted by atomic mass is 10.3. The number of nitrogens with zero attached hydrogens (tertiary/aromatic N) is 2. The number of rotatable bonds is 4. The van der Waals surface area contributed by atoms with Gasteiger partial charge in [-0.2, -0.15) is 0 Å². The minimum absolute atomic E-state index is 0.732. The van der Waals surface area contributed by atoms with Gasteiger partial charge < -0.3 is 15.8 Å². The molecular weight excluding hydrogens is 260 g/mol. The van der Waals surface area contributed by atoms with Gasteiger partial charge in [0, 0.05) is 37.9 Å². The Morgan fingerprint density at radius 1 is 1.47 bits per heavy atom. The number of fused-ring (bicyclic) bond motifs is 1. The van der Waals surface area contributed by atoms with Crippen LogP contribution in [0.5, 0.6) is 0 Å². The molecule has 5 nitrogen and oxygen atoms in total. The maximum atomic E-state index is 5.74. The molecule has 0 bridgehead atoms. The van der Waals surface area contributed by atoms with Crippen molar-refractivity contribution in [3.63, 3.8) is 0 Å². The number of hydrogen-bond donors (Lipinski definition) is 2. The Hall–Kier alpha value is -1.37. The van der Waals surface area contributed by atoms with Gasteiger partial charge in [-0.15, -0.1) is 0 Å². The molecule has 0 aliphatic carbocycles. The summed E-state index contributed by atoms with van der Waals surface area (Å²) in [5.74, 6) is 0. The maximum absolute atomic E-state index is 5.74. The number of hydrogen-bond acceptors (Lipinski definition) is 6. The number of thiazole rings is 1. The van der Waals surface area contributed by atoms with Crippen molar-refractivity contribution in [2.75, 3.05) is 50.4 Å². The molecule has 0 atom stereocenters. The summed E-state index contributed by atoms with van der Waals surface area (Å²) in [7, 11) is 0. The van der Waals surface area contributed by atoms with Crippen molar-refractivity contribution in [1.29, 1.82) is 0 Å². The van der Waals surface area contributed by atoms with E-state index in [-0.39, 0.29) is 0 Å². The third-order valence-corrected chi connectivity index (χ3v) is 4.09. The summed E-state index contributed by atoms with van der Waals surface area (Å²) in [6.07, 6.45) is 0. The van der Waals surface area contributed by atoms with Crippen LogP contribution in [0.2, 0.25) is 0 Å². The first kappa shape index (κ1) is 12.7. The van der Waals surface area contributed by atoms with E-state index >= 15 is 0 Å². The van der Waals surface area contributed by atoms with Gasteiger partial charge >= 0.3 is 0 Å². The van der Waals surface area contributed by atoms with Crippen LogP contribution < -0.4 is 11.1 Å². The highest BCUT2D eigenvalue weighted by Crippen LogP contribution is 2.26. The molecule has 1 aromatic carbocycles. The first-order chi connectivity index (χ1) is 9.31. The monoisotopic (exact) mass is 277 g/mol. The van der Waals surface area contributed by atoms with Crippen LogP contribution in [-0.2, 0) is 4.74 Å². The van der Waals surface area contributed by atoms with Crippen molar-refractivity contribution in [1.82, 2.24) is 9.88 Å². The van der Waals surface area contributed by atoms with E-state index in [2.05, 4.69) is 21.3 Å². The number of morpholine rings is 1. The Kier molecular flexibility index (Phi) is 3.82. The quantitative estimate of drug-likeness (QED) is 0.828. The number of ether oxygens (including phenoxy) is 1. The fourth-order valence-corrected chi connectivity index (χ4v) is 3.01. The summed E-state index contributed by atoms with van der Waals surface area (Å²) in [5, 5.41) is 4.30. The Labute approximate surface area is 116 Å². The van der Waals surface area contributed by atoms with E-state index in [0.29, 0.717) is 0 Å². The predicted octanol–water partition coefficient (Wildman–Crippen LogP) is 1.42. The smallest absolute Gasteiger partial charge is 0.183 e. The molecule has 19 heavy (non-hydrogen) atoms. The van der Waals surface area contributed by atoms with Crippen LogP contribution in [0.1, 0.15) is 0 Å². The van der Waals surface area contributed by atoms with Gasteiger partial charge in [0.2, 0.25) is 0 Å². The van der Waals surface area contributed by atoms with E-state index in [1.165, 1.54) is 0 Å². The highest BCUT2D eigenvalue weighted by molar-refractivity contribution is 7.22. The third kappa shape index (κ3) is 3.15. The van der Waals surface area contributed by atoms with Crippen LogP contribution in [0.15, 0.2) is 12.1 Å². The van der Waals surface area contributed by atoms with Crippen molar-refractivity contribution in [3.8, 4) is 0 Å². The Bertz CT molecular complexity index is 551. The zero-order valence-electron chi connectivity index (χ0n) is 10.7. The molecule has 0 unspecified atom stereocenters. The number of benzene rings is 1. The number of nitrogens with one attached hydrogen (secondary N) is 1. The Balaban J connectivity index is 1.56. The standard InChI is InChI=1S/C13H17N4OS/c14-10-1-2-11-12(9-10)19-13(16-11)15-3-4-17-5-7-18-8-6-17/h1,9H,3-8,14H2,(H,15,16). The second-order valence-electron chi connectivity index (χ2n) is 4.55. The molecule has 1 saturated heterocycles. The second kappa shape index (κ2) is 5.73. The molecule has 101 valence electrons. The molecule has 0 saturated carbocycles. The molecular formula is C13H17N4OS. The van der Waals surface area contributed by atoms with Crippen LogP contribution in [-0.4, -0.2) is 49.3 Å². The van der Waals surface area contributed by atoms with Gasteiger partial charge in [0.05, 0.1) is 23.4 Å². The summed E-state index contributed by atoms with van der Waals surface area (Å²) < 4.78 is 6.40. The van der Waals surface area contributed by atoms with Crippen molar-refractivity contribution >= 4 is 32.4 Å². The van der Waals surface area contributed by atoms with Crippen LogP contribution in [0.4, 0.5) is 10.8 Å².